The number of primary amides is 1. The second-order valence-electron chi connectivity index (χ2n) is 6.42. The lowest BCUT2D eigenvalue weighted by Crippen LogP contribution is -2.37. The fourth-order valence-corrected chi connectivity index (χ4v) is 3.36. The molecule has 4 nitrogen and oxygen atoms in total. The number of rotatable bonds is 3. The van der Waals surface area contributed by atoms with Gasteiger partial charge in [0.2, 0.25) is 11.8 Å². The molecule has 0 atom stereocenters. The highest BCUT2D eigenvalue weighted by atomic mass is 16.2. The summed E-state index contributed by atoms with van der Waals surface area (Å²) >= 11 is 0. The highest BCUT2D eigenvalue weighted by Gasteiger charge is 2.25. The molecule has 1 heterocycles. The van der Waals surface area contributed by atoms with Crippen molar-refractivity contribution < 1.29 is 9.59 Å². The first-order valence-corrected chi connectivity index (χ1v) is 8.25. The molecule has 0 bridgehead atoms. The van der Waals surface area contributed by atoms with Crippen molar-refractivity contribution >= 4 is 17.5 Å². The maximum atomic E-state index is 12.9. The zero-order chi connectivity index (χ0) is 17.3. The minimum Gasteiger partial charge on any atom is -0.366 e. The number of amides is 2. The monoisotopic (exact) mass is 322 g/mol. The lowest BCUT2D eigenvalue weighted by atomic mass is 9.95. The summed E-state index contributed by atoms with van der Waals surface area (Å²) in [5, 5.41) is 0. The number of nitrogens with zero attached hydrogens (tertiary/aromatic N) is 1. The Labute approximate surface area is 142 Å². The second kappa shape index (κ2) is 6.48. The van der Waals surface area contributed by atoms with Gasteiger partial charge in [0, 0.05) is 17.8 Å². The fourth-order valence-electron chi connectivity index (χ4n) is 3.36. The van der Waals surface area contributed by atoms with E-state index in [1.165, 1.54) is 0 Å². The maximum Gasteiger partial charge on any atom is 0.249 e. The quantitative estimate of drug-likeness (QED) is 0.944. The Morgan fingerprint density at radius 3 is 2.71 bits per heavy atom. The normalized spacial score (nSPS) is 13.5. The number of nitrogens with two attached hydrogens (primary N) is 1. The van der Waals surface area contributed by atoms with Gasteiger partial charge in [-0.15, -0.1) is 0 Å². The molecule has 2 amide bonds. The van der Waals surface area contributed by atoms with Crippen LogP contribution in [0.25, 0.3) is 0 Å². The van der Waals surface area contributed by atoms with E-state index in [0.717, 1.165) is 40.8 Å². The van der Waals surface area contributed by atoms with Crippen LogP contribution in [0.4, 0.5) is 5.69 Å². The van der Waals surface area contributed by atoms with Crippen molar-refractivity contribution in [3.63, 3.8) is 0 Å². The first kappa shape index (κ1) is 16.2. The Kier molecular flexibility index (Phi) is 4.38. The summed E-state index contributed by atoms with van der Waals surface area (Å²) in [5.41, 5.74) is 11.1. The number of hydrogen-bond acceptors (Lipinski definition) is 2. The predicted octanol–water partition coefficient (Wildman–Crippen LogP) is 2.92. The van der Waals surface area contributed by atoms with Crippen molar-refractivity contribution in [1.29, 1.82) is 0 Å². The number of anilines is 1. The molecule has 0 unspecified atom stereocenters. The summed E-state index contributed by atoms with van der Waals surface area (Å²) in [6.45, 7) is 4.74. The highest BCUT2D eigenvalue weighted by Crippen LogP contribution is 2.30. The Morgan fingerprint density at radius 2 is 1.96 bits per heavy atom. The predicted molar refractivity (Wildman–Crippen MR) is 95.3 cm³/mol. The van der Waals surface area contributed by atoms with Crippen molar-refractivity contribution in [3.8, 4) is 0 Å². The molecule has 1 aliphatic rings. The molecule has 0 aliphatic carbocycles. The van der Waals surface area contributed by atoms with Gasteiger partial charge in [-0.05, 0) is 55.5 Å². The molecule has 2 N–H and O–H groups in total. The molecular formula is C20H22N2O2. The van der Waals surface area contributed by atoms with Gasteiger partial charge in [-0.25, -0.2) is 0 Å². The zero-order valence-electron chi connectivity index (χ0n) is 14.1. The van der Waals surface area contributed by atoms with E-state index in [1.807, 2.05) is 26.0 Å². The Hall–Kier alpha value is -2.62. The van der Waals surface area contributed by atoms with Crippen molar-refractivity contribution in [2.45, 2.75) is 33.1 Å². The standard InChI is InChI=1S/C20H22N2O2/c1-13-8-9-14(2)15(11-13)12-19(23)22-10-4-6-16-17(20(21)24)5-3-7-18(16)22/h3,5,7-9,11H,4,6,10,12H2,1-2H3,(H2,21,24). The summed E-state index contributed by atoms with van der Waals surface area (Å²) in [6.07, 6.45) is 1.99. The molecule has 2 aromatic rings. The van der Waals surface area contributed by atoms with Crippen LogP contribution in [0.5, 0.6) is 0 Å². The third-order valence-corrected chi connectivity index (χ3v) is 4.66. The number of benzene rings is 2. The molecule has 4 heteroatoms. The Morgan fingerprint density at radius 1 is 1.17 bits per heavy atom. The summed E-state index contributed by atoms with van der Waals surface area (Å²) in [5.74, 6) is -0.373. The van der Waals surface area contributed by atoms with Gasteiger partial charge >= 0.3 is 0 Å². The summed E-state index contributed by atoms with van der Waals surface area (Å²) < 4.78 is 0. The van der Waals surface area contributed by atoms with Crippen LogP contribution in [-0.2, 0) is 17.6 Å². The van der Waals surface area contributed by atoms with E-state index in [9.17, 15) is 9.59 Å². The van der Waals surface area contributed by atoms with Crippen LogP contribution >= 0.6 is 0 Å². The number of hydrogen-bond donors (Lipinski definition) is 1. The molecule has 24 heavy (non-hydrogen) atoms. The first-order valence-electron chi connectivity index (χ1n) is 8.25. The topological polar surface area (TPSA) is 63.4 Å². The molecule has 1 aliphatic heterocycles. The van der Waals surface area contributed by atoms with E-state index < -0.39 is 5.91 Å². The third-order valence-electron chi connectivity index (χ3n) is 4.66. The second-order valence-corrected chi connectivity index (χ2v) is 6.42. The Bertz CT molecular complexity index is 811. The average Bonchev–Trinajstić information content (AvgIpc) is 2.56. The molecule has 0 fully saturated rings. The van der Waals surface area contributed by atoms with Gasteiger partial charge in [-0.3, -0.25) is 9.59 Å². The summed E-state index contributed by atoms with van der Waals surface area (Å²) in [7, 11) is 0. The number of fused-ring (bicyclic) bond motifs is 1. The lowest BCUT2D eigenvalue weighted by molar-refractivity contribution is -0.118. The molecule has 0 aromatic heterocycles. The Balaban J connectivity index is 1.92. The average molecular weight is 322 g/mol. The van der Waals surface area contributed by atoms with Crippen LogP contribution in [0.3, 0.4) is 0 Å². The minimum atomic E-state index is -0.435. The van der Waals surface area contributed by atoms with Crippen molar-refractivity contribution in [2.75, 3.05) is 11.4 Å². The third kappa shape index (κ3) is 3.04. The summed E-state index contributed by atoms with van der Waals surface area (Å²) in [6, 6.07) is 11.6. The van der Waals surface area contributed by atoms with Gasteiger partial charge in [0.05, 0.1) is 6.42 Å². The van der Waals surface area contributed by atoms with Crippen molar-refractivity contribution in [2.24, 2.45) is 5.73 Å². The molecule has 0 saturated heterocycles. The fraction of sp³-hybridized carbons (Fsp3) is 0.300. The molecule has 0 saturated carbocycles. The smallest absolute Gasteiger partial charge is 0.249 e. The van der Waals surface area contributed by atoms with Crippen molar-refractivity contribution in [3.05, 3.63) is 64.2 Å². The number of carbonyl (C=O) groups is 2. The van der Waals surface area contributed by atoms with Crippen LogP contribution in [0.15, 0.2) is 36.4 Å². The molecule has 3 rings (SSSR count). The van der Waals surface area contributed by atoms with E-state index in [2.05, 4.69) is 12.1 Å². The van der Waals surface area contributed by atoms with Gasteiger partial charge in [-0.2, -0.15) is 0 Å². The summed E-state index contributed by atoms with van der Waals surface area (Å²) in [4.78, 5) is 26.3. The van der Waals surface area contributed by atoms with Crippen LogP contribution in [0.1, 0.15) is 39.0 Å². The molecule has 2 aromatic carbocycles. The van der Waals surface area contributed by atoms with E-state index in [-0.39, 0.29) is 5.91 Å². The van der Waals surface area contributed by atoms with Crippen LogP contribution in [0.2, 0.25) is 0 Å². The zero-order valence-corrected chi connectivity index (χ0v) is 14.1. The lowest BCUT2D eigenvalue weighted by Gasteiger charge is -2.30. The highest BCUT2D eigenvalue weighted by molar-refractivity contribution is 6.00. The van der Waals surface area contributed by atoms with E-state index in [1.54, 1.807) is 17.0 Å². The largest absolute Gasteiger partial charge is 0.366 e. The van der Waals surface area contributed by atoms with E-state index in [0.29, 0.717) is 18.5 Å². The van der Waals surface area contributed by atoms with Gasteiger partial charge in [0.15, 0.2) is 0 Å². The van der Waals surface area contributed by atoms with Gasteiger partial charge in [0.25, 0.3) is 0 Å². The minimum absolute atomic E-state index is 0.0614. The number of aryl methyl sites for hydroxylation is 2. The van der Waals surface area contributed by atoms with E-state index >= 15 is 0 Å². The molecule has 0 spiro atoms. The molecule has 0 radical (unpaired) electrons. The first-order chi connectivity index (χ1) is 11.5. The van der Waals surface area contributed by atoms with Gasteiger partial charge in [-0.1, -0.05) is 29.8 Å². The van der Waals surface area contributed by atoms with Gasteiger partial charge in [0.1, 0.15) is 0 Å². The van der Waals surface area contributed by atoms with Crippen LogP contribution < -0.4 is 10.6 Å². The number of carbonyl (C=O) groups excluding carboxylic acids is 2. The maximum absolute atomic E-state index is 12.9. The van der Waals surface area contributed by atoms with E-state index in [4.69, 9.17) is 5.73 Å². The van der Waals surface area contributed by atoms with Crippen molar-refractivity contribution in [1.82, 2.24) is 0 Å². The van der Waals surface area contributed by atoms with Crippen LogP contribution in [-0.4, -0.2) is 18.4 Å². The SMILES string of the molecule is Cc1ccc(C)c(CC(=O)N2CCCc3c(C(N)=O)cccc32)c1. The molecule has 124 valence electrons. The van der Waals surface area contributed by atoms with Gasteiger partial charge < -0.3 is 10.6 Å². The van der Waals surface area contributed by atoms with Crippen LogP contribution in [0, 0.1) is 13.8 Å². The molecular weight excluding hydrogens is 300 g/mol.